The lowest BCUT2D eigenvalue weighted by atomic mass is 10.1. The van der Waals surface area contributed by atoms with E-state index in [1.165, 1.54) is 0 Å². The number of nitrogens with one attached hydrogen (secondary N) is 1. The van der Waals surface area contributed by atoms with Gasteiger partial charge in [0.15, 0.2) is 0 Å². The average Bonchev–Trinajstić information content (AvgIpc) is 3.53. The van der Waals surface area contributed by atoms with Crippen LogP contribution in [0, 0.1) is 0 Å². The van der Waals surface area contributed by atoms with Crippen LogP contribution in [-0.2, 0) is 52.8 Å². The number of likely N-dealkylation sites (tertiary alicyclic amines) is 1. The van der Waals surface area contributed by atoms with Crippen molar-refractivity contribution in [1.82, 2.24) is 20.3 Å². The van der Waals surface area contributed by atoms with Crippen LogP contribution in [0.4, 0.5) is 0 Å². The summed E-state index contributed by atoms with van der Waals surface area (Å²) in [5.41, 5.74) is 0. The number of hydrogen-bond acceptors (Lipinski definition) is 11. The number of carbonyl (C=O) groups excluding carboxylic acids is 8. The first-order chi connectivity index (χ1) is 17.5. The van der Waals surface area contributed by atoms with Crippen molar-refractivity contribution in [2.24, 2.45) is 0 Å². The Balaban J connectivity index is 1.57. The maximum atomic E-state index is 13.1. The van der Waals surface area contributed by atoms with Crippen molar-refractivity contribution >= 4 is 53.4 Å². The molecular weight excluding hydrogens is 500 g/mol. The van der Waals surface area contributed by atoms with Gasteiger partial charge >= 0.3 is 17.9 Å². The molecule has 16 heteroatoms. The average molecular weight is 524 g/mol. The first-order valence-corrected chi connectivity index (χ1v) is 11.4. The summed E-state index contributed by atoms with van der Waals surface area (Å²) in [7, 11) is 0. The summed E-state index contributed by atoms with van der Waals surface area (Å²) in [6.45, 7) is 0.0245. The molecule has 0 aromatic heterocycles. The minimum Gasteiger partial charge on any atom is -0.481 e. The third kappa shape index (κ3) is 6.65. The summed E-state index contributed by atoms with van der Waals surface area (Å²) in [5.74, 6) is -8.18. The van der Waals surface area contributed by atoms with Crippen LogP contribution < -0.4 is 5.32 Å². The number of nitrogens with zero attached hydrogens (tertiary/aromatic N) is 3. The van der Waals surface area contributed by atoms with Gasteiger partial charge in [0.05, 0.1) is 12.8 Å². The van der Waals surface area contributed by atoms with Crippen molar-refractivity contribution < 1.29 is 57.9 Å². The normalized spacial score (nSPS) is 20.3. The molecule has 3 aliphatic rings. The predicted molar refractivity (Wildman–Crippen MR) is 113 cm³/mol. The summed E-state index contributed by atoms with van der Waals surface area (Å²) in [4.78, 5) is 118. The van der Waals surface area contributed by atoms with E-state index in [1.807, 2.05) is 0 Å². The van der Waals surface area contributed by atoms with Gasteiger partial charge in [-0.25, -0.2) is 9.59 Å². The van der Waals surface area contributed by atoms with Crippen LogP contribution in [0.25, 0.3) is 0 Å². The molecule has 200 valence electrons. The van der Waals surface area contributed by atoms with Crippen molar-refractivity contribution in [2.75, 3.05) is 6.54 Å². The lowest BCUT2D eigenvalue weighted by molar-refractivity contribution is -0.201. The highest BCUT2D eigenvalue weighted by molar-refractivity contribution is 6.02. The lowest BCUT2D eigenvalue weighted by Gasteiger charge is -2.28. The summed E-state index contributed by atoms with van der Waals surface area (Å²) < 4.78 is 0. The fourth-order valence-electron chi connectivity index (χ4n) is 3.95. The zero-order valence-corrected chi connectivity index (χ0v) is 19.5. The SMILES string of the molecule is O=C(O)C[C@H](NC(=O)CCC(=O)ON1C(=O)CCC1=O)C(=O)N1CCC[C@H]1C(=O)ON1C(=O)CCC1=O. The van der Waals surface area contributed by atoms with E-state index in [2.05, 4.69) is 10.2 Å². The van der Waals surface area contributed by atoms with E-state index in [0.717, 1.165) is 4.90 Å². The molecule has 2 atom stereocenters. The number of hydrogen-bond donors (Lipinski definition) is 2. The molecule has 0 aromatic rings. The van der Waals surface area contributed by atoms with Crippen LogP contribution in [0.1, 0.15) is 57.8 Å². The predicted octanol–water partition coefficient (Wildman–Crippen LogP) is -2.07. The Morgan fingerprint density at radius 3 is 1.95 bits per heavy atom. The second-order valence-corrected chi connectivity index (χ2v) is 8.44. The zero-order valence-electron chi connectivity index (χ0n) is 19.5. The van der Waals surface area contributed by atoms with E-state index in [4.69, 9.17) is 4.84 Å². The molecule has 0 unspecified atom stereocenters. The second kappa shape index (κ2) is 11.6. The van der Waals surface area contributed by atoms with Gasteiger partial charge in [0.2, 0.25) is 11.8 Å². The summed E-state index contributed by atoms with van der Waals surface area (Å²) >= 11 is 0. The maximum Gasteiger partial charge on any atom is 0.355 e. The first kappa shape index (κ1) is 27.2. The van der Waals surface area contributed by atoms with Gasteiger partial charge in [-0.1, -0.05) is 0 Å². The fourth-order valence-corrected chi connectivity index (χ4v) is 3.95. The Kier molecular flexibility index (Phi) is 8.52. The van der Waals surface area contributed by atoms with E-state index < -0.39 is 84.7 Å². The molecular formula is C21H24N4O12. The first-order valence-electron chi connectivity index (χ1n) is 11.4. The fraction of sp³-hybridized carbons (Fsp3) is 0.571. The standard InChI is InChI=1S/C21H24N4O12/c26-13(3-8-19(33)36-24-14(27)4-5-15(24)28)22-11(10-18(31)32)20(34)23-9-1-2-12(23)21(35)37-25-16(29)6-7-17(25)30/h11-12H,1-10H2,(H,22,26)(H,31,32)/t11-,12-/m0/s1. The molecule has 0 spiro atoms. The Labute approximate surface area is 208 Å². The summed E-state index contributed by atoms with van der Waals surface area (Å²) in [5, 5.41) is 12.0. The topological polar surface area (TPSA) is 214 Å². The van der Waals surface area contributed by atoms with Crippen molar-refractivity contribution in [3.63, 3.8) is 0 Å². The van der Waals surface area contributed by atoms with Gasteiger partial charge < -0.3 is 25.0 Å². The Morgan fingerprint density at radius 2 is 1.41 bits per heavy atom. The van der Waals surface area contributed by atoms with Crippen LogP contribution >= 0.6 is 0 Å². The highest BCUT2D eigenvalue weighted by Gasteiger charge is 2.42. The van der Waals surface area contributed by atoms with Gasteiger partial charge in [-0.15, -0.1) is 10.1 Å². The highest BCUT2D eigenvalue weighted by atomic mass is 16.7. The van der Waals surface area contributed by atoms with Crippen molar-refractivity contribution in [3.05, 3.63) is 0 Å². The minimum atomic E-state index is -1.61. The molecule has 16 nitrogen and oxygen atoms in total. The Hall–Kier alpha value is -4.37. The number of rotatable bonds is 10. The molecule has 0 bridgehead atoms. The molecule has 6 amide bonds. The van der Waals surface area contributed by atoms with Gasteiger partial charge in [0, 0.05) is 38.6 Å². The minimum absolute atomic E-state index is 0.0245. The smallest absolute Gasteiger partial charge is 0.355 e. The van der Waals surface area contributed by atoms with Crippen LogP contribution in [0.2, 0.25) is 0 Å². The molecule has 0 saturated carbocycles. The number of hydroxylamine groups is 4. The summed E-state index contributed by atoms with van der Waals surface area (Å²) in [6.07, 6.45) is -1.98. The molecule has 2 N–H and O–H groups in total. The molecule has 3 saturated heterocycles. The highest BCUT2D eigenvalue weighted by Crippen LogP contribution is 2.22. The number of aliphatic carboxylic acids is 1. The molecule has 3 aliphatic heterocycles. The summed E-state index contributed by atoms with van der Waals surface area (Å²) in [6, 6.07) is -2.82. The quantitative estimate of drug-likeness (QED) is 0.295. The molecule has 0 aliphatic carbocycles. The van der Waals surface area contributed by atoms with E-state index in [1.54, 1.807) is 0 Å². The van der Waals surface area contributed by atoms with Gasteiger partial charge in [-0.2, -0.15) is 0 Å². The van der Waals surface area contributed by atoms with Gasteiger partial charge in [0.25, 0.3) is 23.6 Å². The molecule has 0 radical (unpaired) electrons. The lowest BCUT2D eigenvalue weighted by Crippen LogP contribution is -2.53. The molecule has 3 heterocycles. The molecule has 3 rings (SSSR count). The van der Waals surface area contributed by atoms with Crippen LogP contribution in [0.3, 0.4) is 0 Å². The Bertz CT molecular complexity index is 1020. The third-order valence-corrected chi connectivity index (χ3v) is 5.76. The van der Waals surface area contributed by atoms with E-state index in [0.29, 0.717) is 16.5 Å². The van der Waals surface area contributed by atoms with E-state index >= 15 is 0 Å². The van der Waals surface area contributed by atoms with Crippen LogP contribution in [0.5, 0.6) is 0 Å². The number of imide groups is 2. The van der Waals surface area contributed by atoms with Gasteiger partial charge in [0.1, 0.15) is 12.1 Å². The second-order valence-electron chi connectivity index (χ2n) is 8.44. The third-order valence-electron chi connectivity index (χ3n) is 5.76. The molecule has 3 fully saturated rings. The van der Waals surface area contributed by atoms with Crippen molar-refractivity contribution in [3.8, 4) is 0 Å². The van der Waals surface area contributed by atoms with Crippen molar-refractivity contribution in [2.45, 2.75) is 69.9 Å². The maximum absolute atomic E-state index is 13.1. The van der Waals surface area contributed by atoms with E-state index in [-0.39, 0.29) is 38.6 Å². The van der Waals surface area contributed by atoms with Crippen LogP contribution in [-0.4, -0.2) is 92.1 Å². The monoisotopic (exact) mass is 524 g/mol. The number of amides is 6. The molecule has 0 aromatic carbocycles. The zero-order chi connectivity index (χ0) is 27.3. The number of carbonyl (C=O) groups is 9. The number of carboxylic acids is 1. The molecule has 37 heavy (non-hydrogen) atoms. The van der Waals surface area contributed by atoms with Gasteiger partial charge in [-0.3, -0.25) is 33.6 Å². The van der Waals surface area contributed by atoms with Crippen LogP contribution in [0.15, 0.2) is 0 Å². The number of carboxylic acid groups (broad SMARTS) is 1. The largest absolute Gasteiger partial charge is 0.481 e. The van der Waals surface area contributed by atoms with E-state index in [9.17, 15) is 48.3 Å². The van der Waals surface area contributed by atoms with Crippen molar-refractivity contribution in [1.29, 1.82) is 0 Å². The van der Waals surface area contributed by atoms with Gasteiger partial charge in [-0.05, 0) is 12.8 Å². The Morgan fingerprint density at radius 1 is 0.865 bits per heavy atom.